The highest BCUT2D eigenvalue weighted by Gasteiger charge is 2.25. The average Bonchev–Trinajstić information content (AvgIpc) is 2.97. The second kappa shape index (κ2) is 6.59. The molecule has 0 bridgehead atoms. The number of morpholine rings is 1. The zero-order valence-electron chi connectivity index (χ0n) is 13.8. The third-order valence-electron chi connectivity index (χ3n) is 3.87. The first-order valence-electron chi connectivity index (χ1n) is 7.84. The molecule has 1 saturated heterocycles. The Morgan fingerprint density at radius 2 is 2.00 bits per heavy atom. The minimum Gasteiger partial charge on any atom is -0.371 e. The predicted molar refractivity (Wildman–Crippen MR) is 88.4 cm³/mol. The Morgan fingerprint density at radius 1 is 1.26 bits per heavy atom. The average molecular weight is 336 g/mol. The number of rotatable bonds is 3. The molecule has 2 aromatic rings. The number of ether oxygens (including phenoxy) is 1. The summed E-state index contributed by atoms with van der Waals surface area (Å²) >= 11 is 5.95. The van der Waals surface area contributed by atoms with E-state index in [1.54, 1.807) is 0 Å². The van der Waals surface area contributed by atoms with Crippen LogP contribution in [0.5, 0.6) is 0 Å². The van der Waals surface area contributed by atoms with Gasteiger partial charge < -0.3 is 9.26 Å². The van der Waals surface area contributed by atoms with Gasteiger partial charge in [-0.15, -0.1) is 0 Å². The normalized spacial score (nSPS) is 19.9. The summed E-state index contributed by atoms with van der Waals surface area (Å²) in [7, 11) is 0. The summed E-state index contributed by atoms with van der Waals surface area (Å²) < 4.78 is 11.2. The van der Waals surface area contributed by atoms with Crippen LogP contribution in [0.4, 0.5) is 0 Å². The molecular formula is C17H22ClN3O2. The molecule has 1 unspecified atom stereocenters. The summed E-state index contributed by atoms with van der Waals surface area (Å²) in [5.41, 5.74) is 1.02. The van der Waals surface area contributed by atoms with E-state index in [2.05, 4.69) is 35.8 Å². The molecule has 124 valence electrons. The number of halogens is 1. The van der Waals surface area contributed by atoms with Crippen molar-refractivity contribution in [2.45, 2.75) is 38.8 Å². The summed E-state index contributed by atoms with van der Waals surface area (Å²) in [6, 6.07) is 7.83. The van der Waals surface area contributed by atoms with Crippen molar-refractivity contribution >= 4 is 11.6 Å². The fourth-order valence-electron chi connectivity index (χ4n) is 2.55. The lowest BCUT2D eigenvalue weighted by Crippen LogP contribution is -2.38. The van der Waals surface area contributed by atoms with Crippen LogP contribution in [0.2, 0.25) is 5.02 Å². The molecule has 1 aliphatic rings. The maximum atomic E-state index is 5.95. The van der Waals surface area contributed by atoms with Gasteiger partial charge in [0.1, 0.15) is 0 Å². The molecule has 1 aromatic heterocycles. The first-order chi connectivity index (χ1) is 10.9. The van der Waals surface area contributed by atoms with Crippen LogP contribution < -0.4 is 0 Å². The molecule has 1 atom stereocenters. The van der Waals surface area contributed by atoms with Gasteiger partial charge in [-0.3, -0.25) is 4.90 Å². The molecule has 1 aromatic carbocycles. The van der Waals surface area contributed by atoms with E-state index in [0.717, 1.165) is 29.5 Å². The molecule has 0 aliphatic carbocycles. The van der Waals surface area contributed by atoms with Gasteiger partial charge in [-0.25, -0.2) is 0 Å². The van der Waals surface area contributed by atoms with E-state index in [0.29, 0.717) is 19.0 Å². The topological polar surface area (TPSA) is 51.4 Å². The fourth-order valence-corrected chi connectivity index (χ4v) is 2.67. The molecule has 3 rings (SSSR count). The van der Waals surface area contributed by atoms with E-state index in [1.807, 2.05) is 24.3 Å². The maximum Gasteiger partial charge on any atom is 0.232 e. The van der Waals surface area contributed by atoms with Crippen molar-refractivity contribution < 1.29 is 9.26 Å². The molecule has 2 heterocycles. The van der Waals surface area contributed by atoms with Gasteiger partial charge in [-0.1, -0.05) is 49.7 Å². The van der Waals surface area contributed by atoms with E-state index in [4.69, 9.17) is 20.9 Å². The Bertz CT molecular complexity index is 649. The second-order valence-electron chi connectivity index (χ2n) is 6.91. The Morgan fingerprint density at radius 3 is 2.65 bits per heavy atom. The van der Waals surface area contributed by atoms with Crippen LogP contribution in [-0.2, 0) is 16.7 Å². The maximum absolute atomic E-state index is 5.95. The molecular weight excluding hydrogens is 314 g/mol. The lowest BCUT2D eigenvalue weighted by molar-refractivity contribution is -0.0338. The van der Waals surface area contributed by atoms with Crippen LogP contribution >= 0.6 is 11.6 Å². The summed E-state index contributed by atoms with van der Waals surface area (Å²) in [6.45, 7) is 9.23. The minimum absolute atomic E-state index is 0.0509. The van der Waals surface area contributed by atoms with E-state index < -0.39 is 0 Å². The van der Waals surface area contributed by atoms with Crippen LogP contribution in [-0.4, -0.2) is 34.7 Å². The molecule has 5 nitrogen and oxygen atoms in total. The van der Waals surface area contributed by atoms with Crippen LogP contribution in [0.1, 0.15) is 44.2 Å². The zero-order valence-corrected chi connectivity index (χ0v) is 14.5. The van der Waals surface area contributed by atoms with Crippen LogP contribution in [0.3, 0.4) is 0 Å². The minimum atomic E-state index is -0.123. The van der Waals surface area contributed by atoms with Gasteiger partial charge in [0.25, 0.3) is 0 Å². The molecule has 23 heavy (non-hydrogen) atoms. The highest BCUT2D eigenvalue weighted by atomic mass is 35.5. The standard InChI is InChI=1S/C17H22ClN3O2/c1-17(2,3)16-19-15(20-23-16)11-21-8-9-22-14(10-21)12-4-6-13(18)7-5-12/h4-7,14H,8-11H2,1-3H3. The van der Waals surface area contributed by atoms with Gasteiger partial charge in [0.05, 0.1) is 19.3 Å². The van der Waals surface area contributed by atoms with Crippen LogP contribution in [0.25, 0.3) is 0 Å². The van der Waals surface area contributed by atoms with Gasteiger partial charge in [0, 0.05) is 23.5 Å². The molecule has 1 fully saturated rings. The van der Waals surface area contributed by atoms with Crippen molar-refractivity contribution in [3.63, 3.8) is 0 Å². The summed E-state index contributed by atoms with van der Waals surface area (Å²) in [5, 5.41) is 4.84. The SMILES string of the molecule is CC(C)(C)c1nc(CN2CCOC(c3ccc(Cl)cc3)C2)no1. The van der Waals surface area contributed by atoms with E-state index in [1.165, 1.54) is 0 Å². The zero-order chi connectivity index (χ0) is 16.4. The third kappa shape index (κ3) is 4.10. The van der Waals surface area contributed by atoms with Crippen LogP contribution in [0, 0.1) is 0 Å². The van der Waals surface area contributed by atoms with E-state index in [-0.39, 0.29) is 11.5 Å². The third-order valence-corrected chi connectivity index (χ3v) is 4.12. The summed E-state index contributed by atoms with van der Waals surface area (Å²) in [4.78, 5) is 6.80. The fraction of sp³-hybridized carbons (Fsp3) is 0.529. The molecule has 0 saturated carbocycles. The first-order valence-corrected chi connectivity index (χ1v) is 8.22. The molecule has 1 aliphatic heterocycles. The van der Waals surface area contributed by atoms with Gasteiger partial charge in [-0.2, -0.15) is 4.98 Å². The van der Waals surface area contributed by atoms with Crippen molar-refractivity contribution in [2.24, 2.45) is 0 Å². The summed E-state index contributed by atoms with van der Waals surface area (Å²) in [5.74, 6) is 1.40. The molecule has 0 N–H and O–H groups in total. The second-order valence-corrected chi connectivity index (χ2v) is 7.35. The van der Waals surface area contributed by atoms with Crippen molar-refractivity contribution in [3.8, 4) is 0 Å². The number of hydrogen-bond acceptors (Lipinski definition) is 5. The number of aromatic nitrogens is 2. The monoisotopic (exact) mass is 335 g/mol. The van der Waals surface area contributed by atoms with Crippen molar-refractivity contribution in [1.82, 2.24) is 15.0 Å². The molecule has 0 amide bonds. The number of hydrogen-bond donors (Lipinski definition) is 0. The van der Waals surface area contributed by atoms with Gasteiger partial charge in [-0.05, 0) is 17.7 Å². The highest BCUT2D eigenvalue weighted by Crippen LogP contribution is 2.25. The van der Waals surface area contributed by atoms with Crippen molar-refractivity contribution in [3.05, 3.63) is 46.6 Å². The Hall–Kier alpha value is -1.43. The smallest absolute Gasteiger partial charge is 0.232 e. The Balaban J connectivity index is 1.64. The lowest BCUT2D eigenvalue weighted by atomic mass is 9.97. The molecule has 6 heteroatoms. The van der Waals surface area contributed by atoms with Gasteiger partial charge in [0.2, 0.25) is 5.89 Å². The van der Waals surface area contributed by atoms with Crippen molar-refractivity contribution in [2.75, 3.05) is 19.7 Å². The number of nitrogens with zero attached hydrogens (tertiary/aromatic N) is 3. The molecule has 0 spiro atoms. The van der Waals surface area contributed by atoms with E-state index in [9.17, 15) is 0 Å². The number of benzene rings is 1. The predicted octanol–water partition coefficient (Wildman–Crippen LogP) is 3.59. The molecule has 0 radical (unpaired) electrons. The van der Waals surface area contributed by atoms with Gasteiger partial charge in [0.15, 0.2) is 5.82 Å². The Kier molecular flexibility index (Phi) is 4.71. The summed E-state index contributed by atoms with van der Waals surface area (Å²) in [6.07, 6.45) is 0.0509. The quantitative estimate of drug-likeness (QED) is 0.857. The van der Waals surface area contributed by atoms with Crippen LogP contribution in [0.15, 0.2) is 28.8 Å². The van der Waals surface area contributed by atoms with Crippen molar-refractivity contribution in [1.29, 1.82) is 0 Å². The first kappa shape index (κ1) is 16.4. The Labute approximate surface area is 141 Å². The lowest BCUT2D eigenvalue weighted by Gasteiger charge is -2.32. The largest absolute Gasteiger partial charge is 0.371 e. The van der Waals surface area contributed by atoms with Gasteiger partial charge >= 0.3 is 0 Å². The highest BCUT2D eigenvalue weighted by molar-refractivity contribution is 6.30. The van der Waals surface area contributed by atoms with E-state index >= 15 is 0 Å².